The Morgan fingerprint density at radius 3 is 2.53 bits per heavy atom. The molecule has 0 fully saturated rings. The van der Waals surface area contributed by atoms with E-state index in [2.05, 4.69) is 5.32 Å². The van der Waals surface area contributed by atoms with E-state index in [0.29, 0.717) is 0 Å². The van der Waals surface area contributed by atoms with Gasteiger partial charge in [-0.05, 0) is 32.4 Å². The average Bonchev–Trinajstić information content (AvgIpc) is 2.42. The van der Waals surface area contributed by atoms with Gasteiger partial charge in [0.15, 0.2) is 0 Å². The SMILES string of the molecule is CCN(/C=C(/C#N)C(=O)Nc1ccccc1C)CC. The van der Waals surface area contributed by atoms with Crippen LogP contribution in [0.25, 0.3) is 0 Å². The molecule has 0 aliphatic heterocycles. The first-order valence-electron chi connectivity index (χ1n) is 6.35. The fourth-order valence-corrected chi connectivity index (χ4v) is 1.63. The molecule has 0 aliphatic carbocycles. The van der Waals surface area contributed by atoms with E-state index in [0.717, 1.165) is 24.3 Å². The van der Waals surface area contributed by atoms with Crippen molar-refractivity contribution in [2.45, 2.75) is 20.8 Å². The van der Waals surface area contributed by atoms with Crippen LogP contribution in [-0.4, -0.2) is 23.9 Å². The van der Waals surface area contributed by atoms with Crippen LogP contribution >= 0.6 is 0 Å². The van der Waals surface area contributed by atoms with E-state index in [9.17, 15) is 4.79 Å². The van der Waals surface area contributed by atoms with Crippen molar-refractivity contribution < 1.29 is 4.79 Å². The second-order valence-electron chi connectivity index (χ2n) is 4.14. The van der Waals surface area contributed by atoms with E-state index in [1.807, 2.05) is 56.0 Å². The first kappa shape index (κ1) is 14.8. The van der Waals surface area contributed by atoms with Crippen LogP contribution < -0.4 is 5.32 Å². The van der Waals surface area contributed by atoms with Gasteiger partial charge in [0, 0.05) is 25.0 Å². The summed E-state index contributed by atoms with van der Waals surface area (Å²) in [6, 6.07) is 9.43. The Morgan fingerprint density at radius 1 is 1.37 bits per heavy atom. The highest BCUT2D eigenvalue weighted by atomic mass is 16.1. The third kappa shape index (κ3) is 4.14. The molecule has 100 valence electrons. The summed E-state index contributed by atoms with van der Waals surface area (Å²) in [6.45, 7) is 7.40. The van der Waals surface area contributed by atoms with Gasteiger partial charge in [-0.1, -0.05) is 18.2 Å². The molecule has 0 bridgehead atoms. The number of hydrogen-bond acceptors (Lipinski definition) is 3. The van der Waals surface area contributed by atoms with Gasteiger partial charge < -0.3 is 10.2 Å². The maximum absolute atomic E-state index is 12.0. The van der Waals surface area contributed by atoms with Gasteiger partial charge in [-0.25, -0.2) is 0 Å². The Hall–Kier alpha value is -2.28. The quantitative estimate of drug-likeness (QED) is 0.651. The third-order valence-electron chi connectivity index (χ3n) is 2.88. The molecule has 1 rings (SSSR count). The highest BCUT2D eigenvalue weighted by Gasteiger charge is 2.11. The predicted molar refractivity (Wildman–Crippen MR) is 76.4 cm³/mol. The van der Waals surface area contributed by atoms with Gasteiger partial charge in [0.1, 0.15) is 11.6 Å². The van der Waals surface area contributed by atoms with E-state index >= 15 is 0 Å². The van der Waals surface area contributed by atoms with Crippen molar-refractivity contribution in [1.29, 1.82) is 5.26 Å². The summed E-state index contributed by atoms with van der Waals surface area (Å²) in [5.74, 6) is -0.372. The number of nitrogens with one attached hydrogen (secondary N) is 1. The van der Waals surface area contributed by atoms with Crippen LogP contribution in [0.3, 0.4) is 0 Å². The molecule has 0 aromatic heterocycles. The van der Waals surface area contributed by atoms with Gasteiger partial charge in [0.25, 0.3) is 5.91 Å². The predicted octanol–water partition coefficient (Wildman–Crippen LogP) is 2.68. The van der Waals surface area contributed by atoms with E-state index in [1.165, 1.54) is 0 Å². The molecule has 1 N–H and O–H groups in total. The standard InChI is InChI=1S/C15H19N3O/c1-4-18(5-2)11-13(10-16)15(19)17-14-9-7-6-8-12(14)3/h6-9,11H,4-5H2,1-3H3,(H,17,19)/b13-11-. The first-order valence-corrected chi connectivity index (χ1v) is 6.35. The van der Waals surface area contributed by atoms with Crippen molar-refractivity contribution in [1.82, 2.24) is 4.90 Å². The molecule has 1 amide bonds. The van der Waals surface area contributed by atoms with Crippen LogP contribution in [0.5, 0.6) is 0 Å². The zero-order valence-corrected chi connectivity index (χ0v) is 11.6. The number of benzene rings is 1. The fourth-order valence-electron chi connectivity index (χ4n) is 1.63. The molecule has 1 aromatic carbocycles. The molecule has 0 spiro atoms. The van der Waals surface area contributed by atoms with Crippen LogP contribution in [0, 0.1) is 18.3 Å². The van der Waals surface area contributed by atoms with Gasteiger partial charge in [0.2, 0.25) is 0 Å². The average molecular weight is 257 g/mol. The molecule has 19 heavy (non-hydrogen) atoms. The Bertz CT molecular complexity index is 510. The van der Waals surface area contributed by atoms with Crippen molar-refractivity contribution in [3.63, 3.8) is 0 Å². The molecule has 0 atom stereocenters. The highest BCUT2D eigenvalue weighted by molar-refractivity contribution is 6.06. The Labute approximate surface area is 114 Å². The van der Waals surface area contributed by atoms with Crippen molar-refractivity contribution in [3.8, 4) is 6.07 Å². The summed E-state index contributed by atoms with van der Waals surface area (Å²) in [5.41, 5.74) is 1.82. The smallest absolute Gasteiger partial charge is 0.267 e. The third-order valence-corrected chi connectivity index (χ3v) is 2.88. The number of carbonyl (C=O) groups excluding carboxylic acids is 1. The van der Waals surface area contributed by atoms with Gasteiger partial charge in [-0.2, -0.15) is 5.26 Å². The minimum absolute atomic E-state index is 0.118. The number of anilines is 1. The molecule has 0 aliphatic rings. The topological polar surface area (TPSA) is 56.1 Å². The first-order chi connectivity index (χ1) is 9.12. The Balaban J connectivity index is 2.87. The zero-order valence-electron chi connectivity index (χ0n) is 11.6. The minimum Gasteiger partial charge on any atom is -0.377 e. The van der Waals surface area contributed by atoms with E-state index in [-0.39, 0.29) is 11.5 Å². The van der Waals surface area contributed by atoms with E-state index in [1.54, 1.807) is 6.20 Å². The molecule has 4 nitrogen and oxygen atoms in total. The molecule has 0 heterocycles. The number of amides is 1. The Morgan fingerprint density at radius 2 is 2.00 bits per heavy atom. The van der Waals surface area contributed by atoms with Gasteiger partial charge >= 0.3 is 0 Å². The molecule has 0 radical (unpaired) electrons. The summed E-state index contributed by atoms with van der Waals surface area (Å²) < 4.78 is 0. The molecule has 0 saturated heterocycles. The minimum atomic E-state index is -0.372. The normalized spacial score (nSPS) is 10.7. The molecular formula is C15H19N3O. The second kappa shape index (κ2) is 7.22. The fraction of sp³-hybridized carbons (Fsp3) is 0.333. The van der Waals surface area contributed by atoms with Crippen molar-refractivity contribution >= 4 is 11.6 Å². The number of aryl methyl sites for hydroxylation is 1. The summed E-state index contributed by atoms with van der Waals surface area (Å²) in [5, 5.41) is 11.8. The molecular weight excluding hydrogens is 238 g/mol. The van der Waals surface area contributed by atoms with E-state index in [4.69, 9.17) is 5.26 Å². The maximum Gasteiger partial charge on any atom is 0.267 e. The number of para-hydroxylation sites is 1. The lowest BCUT2D eigenvalue weighted by molar-refractivity contribution is -0.112. The lowest BCUT2D eigenvalue weighted by Crippen LogP contribution is -2.21. The number of nitrogens with zero attached hydrogens (tertiary/aromatic N) is 2. The molecule has 4 heteroatoms. The highest BCUT2D eigenvalue weighted by Crippen LogP contribution is 2.14. The molecule has 0 saturated carbocycles. The largest absolute Gasteiger partial charge is 0.377 e. The van der Waals surface area contributed by atoms with Gasteiger partial charge in [0.05, 0.1) is 0 Å². The van der Waals surface area contributed by atoms with Crippen LogP contribution in [-0.2, 0) is 4.79 Å². The summed E-state index contributed by atoms with van der Waals surface area (Å²) in [4.78, 5) is 13.9. The summed E-state index contributed by atoms with van der Waals surface area (Å²) in [6.07, 6.45) is 1.60. The van der Waals surface area contributed by atoms with Crippen molar-refractivity contribution in [3.05, 3.63) is 41.6 Å². The number of carbonyl (C=O) groups is 1. The second-order valence-corrected chi connectivity index (χ2v) is 4.14. The lowest BCUT2D eigenvalue weighted by Gasteiger charge is -2.16. The number of hydrogen-bond donors (Lipinski definition) is 1. The van der Waals surface area contributed by atoms with Crippen molar-refractivity contribution in [2.75, 3.05) is 18.4 Å². The van der Waals surface area contributed by atoms with Crippen LogP contribution in [0.2, 0.25) is 0 Å². The lowest BCUT2D eigenvalue weighted by atomic mass is 10.2. The summed E-state index contributed by atoms with van der Waals surface area (Å²) >= 11 is 0. The number of nitriles is 1. The van der Waals surface area contributed by atoms with Crippen LogP contribution in [0.4, 0.5) is 5.69 Å². The van der Waals surface area contributed by atoms with Gasteiger partial charge in [-0.3, -0.25) is 4.79 Å². The summed E-state index contributed by atoms with van der Waals surface area (Å²) in [7, 11) is 0. The Kier molecular flexibility index (Phi) is 5.62. The van der Waals surface area contributed by atoms with Crippen molar-refractivity contribution in [2.24, 2.45) is 0 Å². The number of rotatable bonds is 5. The van der Waals surface area contributed by atoms with Gasteiger partial charge in [-0.15, -0.1) is 0 Å². The monoisotopic (exact) mass is 257 g/mol. The van der Waals surface area contributed by atoms with Crippen LogP contribution in [0.15, 0.2) is 36.0 Å². The zero-order chi connectivity index (χ0) is 14.3. The van der Waals surface area contributed by atoms with E-state index < -0.39 is 0 Å². The maximum atomic E-state index is 12.0. The molecule has 1 aromatic rings. The molecule has 0 unspecified atom stereocenters. The van der Waals surface area contributed by atoms with Crippen LogP contribution in [0.1, 0.15) is 19.4 Å².